The fourth-order valence-corrected chi connectivity index (χ4v) is 2.52. The van der Waals surface area contributed by atoms with Gasteiger partial charge >= 0.3 is 0 Å². The number of nitrogens with zero attached hydrogens (tertiary/aromatic N) is 1. The van der Waals surface area contributed by atoms with Crippen molar-refractivity contribution in [3.8, 4) is 0 Å². The van der Waals surface area contributed by atoms with Crippen LogP contribution in [0, 0.1) is 0 Å². The largest absolute Gasteiger partial charge is 0.337 e. The highest BCUT2D eigenvalue weighted by atomic mass is 15.0. The highest BCUT2D eigenvalue weighted by Gasteiger charge is 2.08. The molecule has 0 aliphatic rings. The lowest BCUT2D eigenvalue weighted by Crippen LogP contribution is -1.93. The van der Waals surface area contributed by atoms with Gasteiger partial charge in [0.1, 0.15) is 0 Å². The summed E-state index contributed by atoms with van der Waals surface area (Å²) in [6.45, 7) is 8.51. The third-order valence-corrected chi connectivity index (χ3v) is 3.34. The van der Waals surface area contributed by atoms with E-state index in [2.05, 4.69) is 60.2 Å². The summed E-state index contributed by atoms with van der Waals surface area (Å²) in [6.07, 6.45) is 3.83. The number of aromatic nitrogens is 1. The molecule has 1 aromatic heterocycles. The topological polar surface area (TPSA) is 4.93 Å². The monoisotopic (exact) mass is 233 g/mol. The second-order valence-corrected chi connectivity index (χ2v) is 4.40. The van der Waals surface area contributed by atoms with Gasteiger partial charge in [-0.3, -0.25) is 0 Å². The van der Waals surface area contributed by atoms with Crippen LogP contribution in [0.4, 0.5) is 0 Å². The van der Waals surface area contributed by atoms with Crippen LogP contribution in [0.1, 0.15) is 5.56 Å². The molecule has 0 saturated carbocycles. The van der Waals surface area contributed by atoms with E-state index in [0.29, 0.717) is 0 Å². The molecule has 0 aliphatic carbocycles. The minimum Gasteiger partial charge on any atom is -0.337 e. The first-order chi connectivity index (χ1) is 8.85. The molecule has 0 N–H and O–H groups in total. The standard InChI is InChI=1S/C17H15N/c1-3-11-18-16-8-6-5-7-14(16)15-12-13(4-2)9-10-17(15)18/h3-10,12H,1-2,11H2. The van der Waals surface area contributed by atoms with Gasteiger partial charge in [0.05, 0.1) is 0 Å². The second kappa shape index (κ2) is 4.19. The molecule has 0 radical (unpaired) electrons. The molecule has 0 saturated heterocycles. The number of hydrogen-bond acceptors (Lipinski definition) is 0. The highest BCUT2D eigenvalue weighted by molar-refractivity contribution is 6.08. The number of rotatable bonds is 3. The Hall–Kier alpha value is -2.28. The molecular formula is C17H15N. The van der Waals surface area contributed by atoms with Gasteiger partial charge < -0.3 is 4.57 Å². The summed E-state index contributed by atoms with van der Waals surface area (Å²) in [5, 5.41) is 2.57. The van der Waals surface area contributed by atoms with Crippen LogP contribution in [0.5, 0.6) is 0 Å². The van der Waals surface area contributed by atoms with Crippen LogP contribution in [-0.2, 0) is 6.54 Å². The van der Waals surface area contributed by atoms with E-state index in [1.165, 1.54) is 21.8 Å². The van der Waals surface area contributed by atoms with Crippen molar-refractivity contribution in [2.75, 3.05) is 0 Å². The molecule has 0 amide bonds. The Kier molecular flexibility index (Phi) is 2.52. The van der Waals surface area contributed by atoms with E-state index in [1.54, 1.807) is 0 Å². The van der Waals surface area contributed by atoms with Gasteiger partial charge in [0.15, 0.2) is 0 Å². The molecule has 0 bridgehead atoms. The average molecular weight is 233 g/mol. The van der Waals surface area contributed by atoms with E-state index in [4.69, 9.17) is 0 Å². The van der Waals surface area contributed by atoms with E-state index >= 15 is 0 Å². The molecule has 1 nitrogen and oxygen atoms in total. The Morgan fingerprint density at radius 3 is 2.50 bits per heavy atom. The minimum atomic E-state index is 0.831. The summed E-state index contributed by atoms with van der Waals surface area (Å²) < 4.78 is 2.30. The van der Waals surface area contributed by atoms with Gasteiger partial charge in [0, 0.05) is 28.4 Å². The maximum atomic E-state index is 3.85. The summed E-state index contributed by atoms with van der Waals surface area (Å²) in [5.41, 5.74) is 3.67. The van der Waals surface area contributed by atoms with Crippen LogP contribution < -0.4 is 0 Å². The third-order valence-electron chi connectivity index (χ3n) is 3.34. The summed E-state index contributed by atoms with van der Waals surface area (Å²) in [6, 6.07) is 15.0. The van der Waals surface area contributed by atoms with Gasteiger partial charge in [-0.25, -0.2) is 0 Å². The fourth-order valence-electron chi connectivity index (χ4n) is 2.52. The maximum Gasteiger partial charge on any atom is 0.0494 e. The zero-order valence-electron chi connectivity index (χ0n) is 10.3. The first kappa shape index (κ1) is 10.8. The SMILES string of the molecule is C=CCn1c2ccccc2c2cc(C=C)ccc21. The predicted molar refractivity (Wildman–Crippen MR) is 79.7 cm³/mol. The second-order valence-electron chi connectivity index (χ2n) is 4.40. The van der Waals surface area contributed by atoms with Crippen molar-refractivity contribution in [2.24, 2.45) is 0 Å². The van der Waals surface area contributed by atoms with Crippen LogP contribution in [0.2, 0.25) is 0 Å². The van der Waals surface area contributed by atoms with Gasteiger partial charge in [0.25, 0.3) is 0 Å². The molecule has 1 heterocycles. The van der Waals surface area contributed by atoms with E-state index in [-0.39, 0.29) is 0 Å². The molecule has 0 spiro atoms. The Labute approximate surface area is 107 Å². The number of para-hydroxylation sites is 1. The maximum absolute atomic E-state index is 3.85. The fraction of sp³-hybridized carbons (Fsp3) is 0.0588. The van der Waals surface area contributed by atoms with Crippen molar-refractivity contribution in [1.82, 2.24) is 4.57 Å². The lowest BCUT2D eigenvalue weighted by atomic mass is 10.1. The number of benzene rings is 2. The minimum absolute atomic E-state index is 0.831. The van der Waals surface area contributed by atoms with Crippen molar-refractivity contribution in [2.45, 2.75) is 6.54 Å². The van der Waals surface area contributed by atoms with Crippen molar-refractivity contribution in [3.05, 3.63) is 67.3 Å². The van der Waals surface area contributed by atoms with Gasteiger partial charge in [0.2, 0.25) is 0 Å². The molecule has 3 rings (SSSR count). The molecule has 0 unspecified atom stereocenters. The molecule has 2 aromatic carbocycles. The normalized spacial score (nSPS) is 10.9. The Morgan fingerprint density at radius 1 is 0.944 bits per heavy atom. The van der Waals surface area contributed by atoms with Gasteiger partial charge in [-0.15, -0.1) is 6.58 Å². The van der Waals surface area contributed by atoms with Crippen molar-refractivity contribution in [3.63, 3.8) is 0 Å². The molecular weight excluding hydrogens is 218 g/mol. The Bertz CT molecular complexity index is 747. The smallest absolute Gasteiger partial charge is 0.0494 e. The molecule has 0 fully saturated rings. The van der Waals surface area contributed by atoms with Crippen LogP contribution in [-0.4, -0.2) is 4.57 Å². The quantitative estimate of drug-likeness (QED) is 0.581. The van der Waals surface area contributed by atoms with Crippen LogP contribution in [0.3, 0.4) is 0 Å². The number of allylic oxidation sites excluding steroid dienone is 1. The number of hydrogen-bond donors (Lipinski definition) is 0. The van der Waals surface area contributed by atoms with Gasteiger partial charge in [-0.05, 0) is 23.8 Å². The number of fused-ring (bicyclic) bond motifs is 3. The summed E-state index contributed by atoms with van der Waals surface area (Å²) in [7, 11) is 0. The van der Waals surface area contributed by atoms with Crippen LogP contribution in [0.15, 0.2) is 61.7 Å². The predicted octanol–water partition coefficient (Wildman–Crippen LogP) is 4.62. The molecule has 18 heavy (non-hydrogen) atoms. The van der Waals surface area contributed by atoms with E-state index in [1.807, 2.05) is 12.2 Å². The van der Waals surface area contributed by atoms with Gasteiger partial charge in [-0.2, -0.15) is 0 Å². The average Bonchev–Trinajstić information content (AvgIpc) is 2.74. The molecule has 0 aliphatic heterocycles. The molecule has 1 heteroatoms. The lowest BCUT2D eigenvalue weighted by Gasteiger charge is -2.03. The van der Waals surface area contributed by atoms with Crippen molar-refractivity contribution < 1.29 is 0 Å². The third kappa shape index (κ3) is 1.48. The summed E-state index contributed by atoms with van der Waals surface area (Å²) in [4.78, 5) is 0. The first-order valence-corrected chi connectivity index (χ1v) is 6.09. The zero-order valence-corrected chi connectivity index (χ0v) is 10.3. The van der Waals surface area contributed by atoms with E-state index in [0.717, 1.165) is 12.1 Å². The lowest BCUT2D eigenvalue weighted by molar-refractivity contribution is 0.901. The first-order valence-electron chi connectivity index (χ1n) is 6.09. The summed E-state index contributed by atoms with van der Waals surface area (Å²) in [5.74, 6) is 0. The van der Waals surface area contributed by atoms with Crippen molar-refractivity contribution >= 4 is 27.9 Å². The Balaban J connectivity index is 2.48. The molecule has 0 atom stereocenters. The van der Waals surface area contributed by atoms with Crippen molar-refractivity contribution in [1.29, 1.82) is 0 Å². The zero-order chi connectivity index (χ0) is 12.5. The Morgan fingerprint density at radius 2 is 1.72 bits per heavy atom. The molecule has 88 valence electrons. The van der Waals surface area contributed by atoms with Gasteiger partial charge in [-0.1, -0.05) is 43.0 Å². The van der Waals surface area contributed by atoms with Crippen LogP contribution in [0.25, 0.3) is 27.9 Å². The highest BCUT2D eigenvalue weighted by Crippen LogP contribution is 2.29. The molecule has 3 aromatic rings. The van der Waals surface area contributed by atoms with E-state index in [9.17, 15) is 0 Å². The van der Waals surface area contributed by atoms with E-state index < -0.39 is 0 Å². The van der Waals surface area contributed by atoms with Crippen LogP contribution >= 0.6 is 0 Å². The summed E-state index contributed by atoms with van der Waals surface area (Å²) >= 11 is 0.